The van der Waals surface area contributed by atoms with E-state index < -0.39 is 0 Å². The van der Waals surface area contributed by atoms with Gasteiger partial charge >= 0.3 is 0 Å². The Bertz CT molecular complexity index is 804. The Morgan fingerprint density at radius 1 is 0.867 bits per heavy atom. The number of benzene rings is 2. The highest BCUT2D eigenvalue weighted by molar-refractivity contribution is 5.50. The Morgan fingerprint density at radius 2 is 1.67 bits per heavy atom. The van der Waals surface area contributed by atoms with Crippen molar-refractivity contribution >= 4 is 0 Å². The van der Waals surface area contributed by atoms with Crippen LogP contribution in [0.25, 0.3) is 0 Å². The standard InChI is InChI=1S/C24H34N2O4/c1-5-29-21-11-8-18(16-23(21)30-6-2)24(26-14-7-12-25-13-15-26)20-10-9-19(27-3)17-22(20)28-4/h8-11,16-17,24-25H,5-7,12-15H2,1-4H3. The number of rotatable bonds is 9. The summed E-state index contributed by atoms with van der Waals surface area (Å²) >= 11 is 0. The monoisotopic (exact) mass is 414 g/mol. The van der Waals surface area contributed by atoms with Gasteiger partial charge in [0.2, 0.25) is 0 Å². The van der Waals surface area contributed by atoms with Crippen LogP contribution in [0.3, 0.4) is 0 Å². The number of methoxy groups -OCH3 is 2. The van der Waals surface area contributed by atoms with E-state index in [2.05, 4.69) is 28.4 Å². The average Bonchev–Trinajstić information content (AvgIpc) is 3.05. The van der Waals surface area contributed by atoms with E-state index in [9.17, 15) is 0 Å². The number of nitrogens with one attached hydrogen (secondary N) is 1. The Labute approximate surface area is 180 Å². The fourth-order valence-corrected chi connectivity index (χ4v) is 3.99. The average molecular weight is 415 g/mol. The maximum Gasteiger partial charge on any atom is 0.161 e. The van der Waals surface area contributed by atoms with Crippen LogP contribution in [0.4, 0.5) is 0 Å². The van der Waals surface area contributed by atoms with Crippen LogP contribution in [0.1, 0.15) is 37.4 Å². The molecule has 0 aliphatic carbocycles. The van der Waals surface area contributed by atoms with E-state index in [-0.39, 0.29) is 6.04 Å². The van der Waals surface area contributed by atoms with Gasteiger partial charge in [-0.2, -0.15) is 0 Å². The van der Waals surface area contributed by atoms with Crippen LogP contribution in [-0.4, -0.2) is 58.5 Å². The molecule has 6 heteroatoms. The molecule has 0 spiro atoms. The third kappa shape index (κ3) is 5.18. The van der Waals surface area contributed by atoms with Crippen molar-refractivity contribution in [3.63, 3.8) is 0 Å². The molecule has 2 aromatic rings. The molecule has 1 N–H and O–H groups in total. The molecule has 30 heavy (non-hydrogen) atoms. The van der Waals surface area contributed by atoms with Gasteiger partial charge in [-0.15, -0.1) is 0 Å². The minimum absolute atomic E-state index is 0.0423. The first-order chi connectivity index (χ1) is 14.7. The third-order valence-corrected chi connectivity index (χ3v) is 5.36. The van der Waals surface area contributed by atoms with Crippen LogP contribution in [0.5, 0.6) is 23.0 Å². The molecule has 0 aromatic heterocycles. The van der Waals surface area contributed by atoms with Crippen LogP contribution < -0.4 is 24.3 Å². The molecule has 0 radical (unpaired) electrons. The quantitative estimate of drug-likeness (QED) is 0.672. The van der Waals surface area contributed by atoms with Gasteiger partial charge in [0, 0.05) is 31.3 Å². The fraction of sp³-hybridized carbons (Fsp3) is 0.500. The van der Waals surface area contributed by atoms with Crippen molar-refractivity contribution in [1.29, 1.82) is 0 Å². The molecule has 0 bridgehead atoms. The second-order valence-corrected chi connectivity index (χ2v) is 7.22. The summed E-state index contributed by atoms with van der Waals surface area (Å²) in [5.41, 5.74) is 2.28. The van der Waals surface area contributed by atoms with Crippen LogP contribution in [0.15, 0.2) is 36.4 Å². The second-order valence-electron chi connectivity index (χ2n) is 7.22. The van der Waals surface area contributed by atoms with Crippen molar-refractivity contribution < 1.29 is 18.9 Å². The molecule has 1 fully saturated rings. The lowest BCUT2D eigenvalue weighted by molar-refractivity contribution is 0.234. The van der Waals surface area contributed by atoms with Gasteiger partial charge in [0.1, 0.15) is 11.5 Å². The Balaban J connectivity index is 2.09. The lowest BCUT2D eigenvalue weighted by Gasteiger charge is -2.32. The zero-order valence-electron chi connectivity index (χ0n) is 18.6. The molecule has 1 unspecified atom stereocenters. The molecule has 1 heterocycles. The predicted molar refractivity (Wildman–Crippen MR) is 119 cm³/mol. The molecule has 1 aliphatic rings. The number of hydrogen-bond acceptors (Lipinski definition) is 6. The molecule has 1 saturated heterocycles. The van der Waals surface area contributed by atoms with E-state index in [1.54, 1.807) is 14.2 Å². The van der Waals surface area contributed by atoms with Crippen LogP contribution >= 0.6 is 0 Å². The van der Waals surface area contributed by atoms with E-state index in [1.165, 1.54) is 0 Å². The van der Waals surface area contributed by atoms with Gasteiger partial charge in [-0.25, -0.2) is 0 Å². The first-order valence-electron chi connectivity index (χ1n) is 10.8. The summed E-state index contributed by atoms with van der Waals surface area (Å²) in [5, 5.41) is 3.50. The maximum atomic E-state index is 5.91. The maximum absolute atomic E-state index is 5.91. The Hall–Kier alpha value is -2.44. The molecular formula is C24H34N2O4. The lowest BCUT2D eigenvalue weighted by Crippen LogP contribution is -2.33. The van der Waals surface area contributed by atoms with Crippen LogP contribution in [0.2, 0.25) is 0 Å². The van der Waals surface area contributed by atoms with Crippen molar-refractivity contribution in [1.82, 2.24) is 10.2 Å². The number of hydrogen-bond donors (Lipinski definition) is 1. The molecule has 0 amide bonds. The number of nitrogens with zero attached hydrogens (tertiary/aromatic N) is 1. The summed E-state index contributed by atoms with van der Waals surface area (Å²) in [6, 6.07) is 12.4. The molecule has 164 valence electrons. The fourth-order valence-electron chi connectivity index (χ4n) is 3.99. The summed E-state index contributed by atoms with van der Waals surface area (Å²) in [6.07, 6.45) is 1.10. The minimum Gasteiger partial charge on any atom is -0.497 e. The van der Waals surface area contributed by atoms with E-state index in [0.717, 1.165) is 66.7 Å². The molecule has 1 atom stereocenters. The molecule has 3 rings (SSSR count). The van der Waals surface area contributed by atoms with E-state index in [0.29, 0.717) is 13.2 Å². The van der Waals surface area contributed by atoms with Gasteiger partial charge in [-0.1, -0.05) is 6.07 Å². The molecule has 1 aliphatic heterocycles. The molecule has 0 saturated carbocycles. The summed E-state index contributed by atoms with van der Waals surface area (Å²) in [7, 11) is 3.39. The van der Waals surface area contributed by atoms with Gasteiger partial charge in [-0.3, -0.25) is 4.90 Å². The molecular weight excluding hydrogens is 380 g/mol. The Morgan fingerprint density at radius 3 is 2.40 bits per heavy atom. The van der Waals surface area contributed by atoms with E-state index in [1.807, 2.05) is 32.0 Å². The van der Waals surface area contributed by atoms with Crippen molar-refractivity contribution in [3.8, 4) is 23.0 Å². The zero-order valence-corrected chi connectivity index (χ0v) is 18.6. The summed E-state index contributed by atoms with van der Waals surface area (Å²) in [5.74, 6) is 3.17. The minimum atomic E-state index is 0.0423. The van der Waals surface area contributed by atoms with Crippen LogP contribution in [-0.2, 0) is 0 Å². The summed E-state index contributed by atoms with van der Waals surface area (Å²) in [4.78, 5) is 2.51. The third-order valence-electron chi connectivity index (χ3n) is 5.36. The van der Waals surface area contributed by atoms with Crippen molar-refractivity contribution in [2.24, 2.45) is 0 Å². The predicted octanol–water partition coefficient (Wildman–Crippen LogP) is 3.89. The largest absolute Gasteiger partial charge is 0.497 e. The smallest absolute Gasteiger partial charge is 0.161 e. The highest BCUT2D eigenvalue weighted by atomic mass is 16.5. The van der Waals surface area contributed by atoms with Crippen LogP contribution in [0, 0.1) is 0 Å². The second kappa shape index (κ2) is 11.1. The van der Waals surface area contributed by atoms with Crippen molar-refractivity contribution in [3.05, 3.63) is 47.5 Å². The van der Waals surface area contributed by atoms with Gasteiger partial charge in [0.05, 0.1) is 33.5 Å². The topological polar surface area (TPSA) is 52.2 Å². The molecule has 2 aromatic carbocycles. The summed E-state index contributed by atoms with van der Waals surface area (Å²) in [6.45, 7) is 9.13. The zero-order chi connectivity index (χ0) is 21.3. The van der Waals surface area contributed by atoms with Gasteiger partial charge < -0.3 is 24.3 Å². The first-order valence-corrected chi connectivity index (χ1v) is 10.8. The van der Waals surface area contributed by atoms with E-state index in [4.69, 9.17) is 18.9 Å². The highest BCUT2D eigenvalue weighted by Crippen LogP contribution is 2.40. The number of ether oxygens (including phenoxy) is 4. The van der Waals surface area contributed by atoms with Gasteiger partial charge in [0.25, 0.3) is 0 Å². The van der Waals surface area contributed by atoms with Crippen molar-refractivity contribution in [2.75, 3.05) is 53.6 Å². The first kappa shape index (κ1) is 22.2. The Kier molecular flexibility index (Phi) is 8.22. The SMILES string of the molecule is CCOc1ccc(C(c2ccc(OC)cc2OC)N2CCCNCC2)cc1OCC. The highest BCUT2D eigenvalue weighted by Gasteiger charge is 2.27. The lowest BCUT2D eigenvalue weighted by atomic mass is 9.95. The van der Waals surface area contributed by atoms with Gasteiger partial charge in [-0.05, 0) is 56.6 Å². The normalized spacial score (nSPS) is 15.9. The van der Waals surface area contributed by atoms with Gasteiger partial charge in [0.15, 0.2) is 11.5 Å². The summed E-state index contributed by atoms with van der Waals surface area (Å²) < 4.78 is 22.9. The van der Waals surface area contributed by atoms with E-state index >= 15 is 0 Å². The molecule has 6 nitrogen and oxygen atoms in total. The van der Waals surface area contributed by atoms with Crippen molar-refractivity contribution in [2.45, 2.75) is 26.3 Å².